The van der Waals surface area contributed by atoms with Crippen molar-refractivity contribution in [2.24, 2.45) is 0 Å². The molecule has 0 saturated heterocycles. The molecule has 108 valence electrons. The second kappa shape index (κ2) is 8.53. The molecule has 1 aliphatic carbocycles. The van der Waals surface area contributed by atoms with Crippen LogP contribution in [-0.4, -0.2) is 32.7 Å². The van der Waals surface area contributed by atoms with Gasteiger partial charge in [0.1, 0.15) is 0 Å². The van der Waals surface area contributed by atoms with E-state index in [1.807, 2.05) is 0 Å². The van der Waals surface area contributed by atoms with E-state index >= 15 is 0 Å². The van der Waals surface area contributed by atoms with E-state index in [0.29, 0.717) is 19.7 Å². The van der Waals surface area contributed by atoms with Gasteiger partial charge in [0, 0.05) is 18.5 Å². The van der Waals surface area contributed by atoms with Crippen LogP contribution in [0.3, 0.4) is 0 Å². The average molecular weight is 305 g/mol. The highest BCUT2D eigenvalue weighted by atomic mass is 35.5. The van der Waals surface area contributed by atoms with Crippen molar-refractivity contribution >= 4 is 29.7 Å². The molecule has 1 atom stereocenters. The Bertz CT molecular complexity index is 398. The highest BCUT2D eigenvalue weighted by Crippen LogP contribution is 2.32. The third kappa shape index (κ3) is 4.76. The predicted octanol–water partition coefficient (Wildman–Crippen LogP) is 1.90. The van der Waals surface area contributed by atoms with Crippen LogP contribution in [0.15, 0.2) is 11.4 Å². The summed E-state index contributed by atoms with van der Waals surface area (Å²) in [6, 6.07) is 2.35. The van der Waals surface area contributed by atoms with Crippen LogP contribution in [0.5, 0.6) is 0 Å². The summed E-state index contributed by atoms with van der Waals surface area (Å²) in [5.74, 6) is 0.0650. The maximum Gasteiger partial charge on any atom is 0.234 e. The number of hydrogen-bond donors (Lipinski definition) is 2. The molecule has 0 aliphatic heterocycles. The number of methoxy groups -OCH3 is 1. The van der Waals surface area contributed by atoms with Crippen molar-refractivity contribution in [1.82, 2.24) is 10.6 Å². The summed E-state index contributed by atoms with van der Waals surface area (Å²) in [7, 11) is 1.65. The molecular formula is C13H21ClN2O2S. The minimum absolute atomic E-state index is 0. The Hall–Kier alpha value is -0.620. The molecule has 1 aromatic heterocycles. The van der Waals surface area contributed by atoms with Gasteiger partial charge in [-0.15, -0.1) is 23.7 Å². The van der Waals surface area contributed by atoms with Gasteiger partial charge in [0.05, 0.1) is 19.2 Å². The van der Waals surface area contributed by atoms with Crippen molar-refractivity contribution in [3.8, 4) is 0 Å². The first-order valence-corrected chi connectivity index (χ1v) is 7.24. The van der Waals surface area contributed by atoms with Gasteiger partial charge < -0.3 is 15.4 Å². The second-order valence-corrected chi connectivity index (χ2v) is 5.48. The van der Waals surface area contributed by atoms with Gasteiger partial charge in [0.15, 0.2) is 0 Å². The van der Waals surface area contributed by atoms with E-state index in [-0.39, 0.29) is 24.4 Å². The molecule has 6 heteroatoms. The first-order chi connectivity index (χ1) is 8.81. The Morgan fingerprint density at radius 2 is 2.42 bits per heavy atom. The molecule has 19 heavy (non-hydrogen) atoms. The number of hydrogen-bond acceptors (Lipinski definition) is 4. The lowest BCUT2D eigenvalue weighted by Gasteiger charge is -2.23. The van der Waals surface area contributed by atoms with E-state index in [0.717, 1.165) is 19.3 Å². The number of amides is 1. The normalized spacial score (nSPS) is 17.4. The van der Waals surface area contributed by atoms with E-state index in [1.165, 1.54) is 10.4 Å². The van der Waals surface area contributed by atoms with Crippen LogP contribution in [0.4, 0.5) is 0 Å². The lowest BCUT2D eigenvalue weighted by molar-refractivity contribution is -0.121. The molecule has 2 N–H and O–H groups in total. The van der Waals surface area contributed by atoms with Crippen LogP contribution in [0.2, 0.25) is 0 Å². The van der Waals surface area contributed by atoms with Crippen molar-refractivity contribution < 1.29 is 9.53 Å². The zero-order valence-corrected chi connectivity index (χ0v) is 12.7. The summed E-state index contributed by atoms with van der Waals surface area (Å²) >= 11 is 1.80. The summed E-state index contributed by atoms with van der Waals surface area (Å²) in [6.45, 7) is 1.70. The molecule has 1 amide bonds. The van der Waals surface area contributed by atoms with E-state index in [1.54, 1.807) is 18.4 Å². The lowest BCUT2D eigenvalue weighted by Crippen LogP contribution is -2.38. The molecule has 1 aromatic rings. The monoisotopic (exact) mass is 304 g/mol. The highest BCUT2D eigenvalue weighted by Gasteiger charge is 2.22. The Morgan fingerprint density at radius 3 is 3.21 bits per heavy atom. The van der Waals surface area contributed by atoms with Crippen LogP contribution in [-0.2, 0) is 16.0 Å². The molecule has 0 saturated carbocycles. The standard InChI is InChI=1S/C13H20N2O2S.ClH/c1-17-7-6-14-9-13(16)15-11-3-2-4-12-10(11)5-8-18-12;/h5,8,11,14H,2-4,6-7,9H2,1H3,(H,15,16);1H. The topological polar surface area (TPSA) is 50.4 Å². The molecule has 0 spiro atoms. The van der Waals surface area contributed by atoms with Gasteiger partial charge in [0.2, 0.25) is 5.91 Å². The largest absolute Gasteiger partial charge is 0.383 e. The molecule has 0 fully saturated rings. The number of carbonyl (C=O) groups is 1. The molecule has 1 aliphatic rings. The number of carbonyl (C=O) groups excluding carboxylic acids is 1. The van der Waals surface area contributed by atoms with E-state index in [9.17, 15) is 4.79 Å². The van der Waals surface area contributed by atoms with E-state index in [2.05, 4.69) is 22.1 Å². The zero-order chi connectivity index (χ0) is 12.8. The number of rotatable bonds is 6. The first-order valence-electron chi connectivity index (χ1n) is 6.36. The van der Waals surface area contributed by atoms with Crippen molar-refractivity contribution in [2.45, 2.75) is 25.3 Å². The molecule has 0 aromatic carbocycles. The van der Waals surface area contributed by atoms with Crippen LogP contribution in [0.25, 0.3) is 0 Å². The maximum atomic E-state index is 11.8. The van der Waals surface area contributed by atoms with Crippen LogP contribution < -0.4 is 10.6 Å². The number of thiophene rings is 1. The molecule has 1 heterocycles. The minimum atomic E-state index is 0. The van der Waals surface area contributed by atoms with E-state index < -0.39 is 0 Å². The van der Waals surface area contributed by atoms with Crippen molar-refractivity contribution in [3.63, 3.8) is 0 Å². The fraction of sp³-hybridized carbons (Fsp3) is 0.615. The van der Waals surface area contributed by atoms with Crippen LogP contribution >= 0.6 is 23.7 Å². The number of halogens is 1. The Balaban J connectivity index is 0.00000180. The van der Waals surface area contributed by atoms with Crippen molar-refractivity contribution in [2.75, 3.05) is 26.8 Å². The summed E-state index contributed by atoms with van der Waals surface area (Å²) in [5, 5.41) is 8.28. The average Bonchev–Trinajstić information content (AvgIpc) is 2.84. The third-order valence-electron chi connectivity index (χ3n) is 3.16. The SMILES string of the molecule is COCCNCC(=O)NC1CCCc2sccc21.Cl. The molecule has 4 nitrogen and oxygen atoms in total. The molecular weight excluding hydrogens is 284 g/mol. The van der Waals surface area contributed by atoms with Gasteiger partial charge >= 0.3 is 0 Å². The summed E-state index contributed by atoms with van der Waals surface area (Å²) in [4.78, 5) is 13.2. The van der Waals surface area contributed by atoms with Gasteiger partial charge in [-0.3, -0.25) is 4.79 Å². The number of aryl methyl sites for hydroxylation is 1. The fourth-order valence-electron chi connectivity index (χ4n) is 2.26. The lowest BCUT2D eigenvalue weighted by atomic mass is 9.94. The van der Waals surface area contributed by atoms with Gasteiger partial charge in [-0.25, -0.2) is 0 Å². The predicted molar refractivity (Wildman–Crippen MR) is 80.1 cm³/mol. The molecule has 0 bridgehead atoms. The molecule has 2 rings (SSSR count). The Morgan fingerprint density at radius 1 is 1.58 bits per heavy atom. The van der Waals surface area contributed by atoms with Gasteiger partial charge in [-0.2, -0.15) is 0 Å². The van der Waals surface area contributed by atoms with E-state index in [4.69, 9.17) is 4.74 Å². The number of fused-ring (bicyclic) bond motifs is 1. The van der Waals surface area contributed by atoms with Crippen LogP contribution in [0, 0.1) is 0 Å². The molecule has 1 unspecified atom stereocenters. The quantitative estimate of drug-likeness (QED) is 0.789. The zero-order valence-electron chi connectivity index (χ0n) is 11.1. The van der Waals surface area contributed by atoms with Crippen molar-refractivity contribution in [3.05, 3.63) is 21.9 Å². The summed E-state index contributed by atoms with van der Waals surface area (Å²) in [5.41, 5.74) is 1.32. The second-order valence-electron chi connectivity index (χ2n) is 4.48. The summed E-state index contributed by atoms with van der Waals surface area (Å²) < 4.78 is 4.92. The van der Waals surface area contributed by atoms with Gasteiger partial charge in [-0.1, -0.05) is 0 Å². The Kier molecular flexibility index (Phi) is 7.38. The molecule has 0 radical (unpaired) electrons. The minimum Gasteiger partial charge on any atom is -0.383 e. The first kappa shape index (κ1) is 16.4. The maximum absolute atomic E-state index is 11.8. The van der Waals surface area contributed by atoms with Gasteiger partial charge in [0.25, 0.3) is 0 Å². The van der Waals surface area contributed by atoms with Crippen molar-refractivity contribution in [1.29, 1.82) is 0 Å². The summed E-state index contributed by atoms with van der Waals surface area (Å²) in [6.07, 6.45) is 3.37. The van der Waals surface area contributed by atoms with Crippen LogP contribution in [0.1, 0.15) is 29.3 Å². The smallest absolute Gasteiger partial charge is 0.234 e. The van der Waals surface area contributed by atoms with Gasteiger partial charge in [-0.05, 0) is 36.3 Å². The number of ether oxygens (including phenoxy) is 1. The third-order valence-corrected chi connectivity index (χ3v) is 4.15. The Labute approximate surface area is 124 Å². The highest BCUT2D eigenvalue weighted by molar-refractivity contribution is 7.10. The fourth-order valence-corrected chi connectivity index (χ4v) is 3.25. The number of nitrogens with one attached hydrogen (secondary N) is 2.